The van der Waals surface area contributed by atoms with Gasteiger partial charge in [-0.05, 0) is 57.0 Å². The fourth-order valence-corrected chi connectivity index (χ4v) is 2.48. The number of benzene rings is 2. The molecule has 2 aromatic rings. The van der Waals surface area contributed by atoms with E-state index < -0.39 is 17.9 Å². The van der Waals surface area contributed by atoms with Crippen molar-refractivity contribution in [3.63, 3.8) is 0 Å². The van der Waals surface area contributed by atoms with E-state index in [-0.39, 0.29) is 18.7 Å². The lowest BCUT2D eigenvalue weighted by atomic mass is 10.1. The van der Waals surface area contributed by atoms with Crippen LogP contribution in [0.3, 0.4) is 0 Å². The van der Waals surface area contributed by atoms with Crippen LogP contribution in [0.1, 0.15) is 36.5 Å². The van der Waals surface area contributed by atoms with Gasteiger partial charge in [0.05, 0.1) is 0 Å². The van der Waals surface area contributed by atoms with Gasteiger partial charge in [0.2, 0.25) is 11.8 Å². The van der Waals surface area contributed by atoms with Crippen molar-refractivity contribution in [1.29, 1.82) is 0 Å². The van der Waals surface area contributed by atoms with E-state index in [0.717, 1.165) is 22.4 Å². The summed E-state index contributed by atoms with van der Waals surface area (Å²) in [5.74, 6) is -0.653. The molecule has 0 unspecified atom stereocenters. The molecule has 0 fully saturated rings. The lowest BCUT2D eigenvalue weighted by Gasteiger charge is -2.15. The Kier molecular flexibility index (Phi) is 7.77. The Balaban J connectivity index is 1.71. The highest BCUT2D eigenvalue weighted by Crippen LogP contribution is 2.16. The summed E-state index contributed by atoms with van der Waals surface area (Å²) in [6, 6.07) is 13.1. The van der Waals surface area contributed by atoms with Crippen LogP contribution in [0.15, 0.2) is 42.5 Å². The number of hydrogen-bond donors (Lipinski definition) is 3. The van der Waals surface area contributed by atoms with Gasteiger partial charge < -0.3 is 10.1 Å². The van der Waals surface area contributed by atoms with Gasteiger partial charge in [0, 0.05) is 18.5 Å². The van der Waals surface area contributed by atoms with Gasteiger partial charge in [0.15, 0.2) is 6.10 Å². The average molecular weight is 397 g/mol. The standard InChI is InChI=1S/C22H27N3O4/c1-14-6-9-18(10-7-14)29-17(4)22(28)25-24-21(27)12-11-20(26)23-19-13-15(2)5-8-16(19)3/h5-10,13,17H,11-12H2,1-4H3,(H,23,26)(H,24,27)(H,25,28)/t17-/m0/s1. The van der Waals surface area contributed by atoms with Crippen LogP contribution in [0.2, 0.25) is 0 Å². The predicted molar refractivity (Wildman–Crippen MR) is 111 cm³/mol. The summed E-state index contributed by atoms with van der Waals surface area (Å²) in [6.45, 7) is 7.38. The first-order valence-corrected chi connectivity index (χ1v) is 9.43. The number of carbonyl (C=O) groups excluding carboxylic acids is 3. The number of ether oxygens (including phenoxy) is 1. The molecule has 0 saturated heterocycles. The molecule has 0 aromatic heterocycles. The molecule has 0 spiro atoms. The van der Waals surface area contributed by atoms with Crippen molar-refractivity contribution in [3.8, 4) is 5.75 Å². The van der Waals surface area contributed by atoms with Crippen LogP contribution in [-0.4, -0.2) is 23.8 Å². The summed E-state index contributed by atoms with van der Waals surface area (Å²) in [5, 5.41) is 2.79. The molecule has 7 nitrogen and oxygen atoms in total. The number of amides is 3. The summed E-state index contributed by atoms with van der Waals surface area (Å²) >= 11 is 0. The van der Waals surface area contributed by atoms with Crippen LogP contribution in [0, 0.1) is 20.8 Å². The number of anilines is 1. The molecule has 0 radical (unpaired) electrons. The highest BCUT2D eigenvalue weighted by molar-refractivity contribution is 5.94. The van der Waals surface area contributed by atoms with E-state index in [1.807, 2.05) is 51.1 Å². The van der Waals surface area contributed by atoms with Crippen molar-refractivity contribution in [3.05, 3.63) is 59.2 Å². The summed E-state index contributed by atoms with van der Waals surface area (Å²) in [7, 11) is 0. The Labute approximate surface area is 170 Å². The summed E-state index contributed by atoms with van der Waals surface area (Å²) in [5.41, 5.74) is 8.41. The Morgan fingerprint density at radius 1 is 0.862 bits per heavy atom. The molecule has 3 amide bonds. The molecular formula is C22H27N3O4. The van der Waals surface area contributed by atoms with E-state index in [4.69, 9.17) is 4.74 Å². The molecule has 2 aromatic carbocycles. The van der Waals surface area contributed by atoms with Gasteiger partial charge in [-0.3, -0.25) is 25.2 Å². The van der Waals surface area contributed by atoms with Crippen LogP contribution in [-0.2, 0) is 14.4 Å². The zero-order valence-electron chi connectivity index (χ0n) is 17.2. The summed E-state index contributed by atoms with van der Waals surface area (Å²) < 4.78 is 5.52. The van der Waals surface area contributed by atoms with E-state index in [1.165, 1.54) is 0 Å². The largest absolute Gasteiger partial charge is 0.481 e. The maximum absolute atomic E-state index is 12.1. The fraction of sp³-hybridized carbons (Fsp3) is 0.318. The first-order valence-electron chi connectivity index (χ1n) is 9.43. The van der Waals surface area contributed by atoms with E-state index in [0.29, 0.717) is 5.75 Å². The first kappa shape index (κ1) is 21.9. The van der Waals surface area contributed by atoms with E-state index in [9.17, 15) is 14.4 Å². The Morgan fingerprint density at radius 3 is 2.17 bits per heavy atom. The van der Waals surface area contributed by atoms with Gasteiger partial charge in [0.25, 0.3) is 5.91 Å². The quantitative estimate of drug-likeness (QED) is 0.626. The molecule has 3 N–H and O–H groups in total. The third kappa shape index (κ3) is 7.29. The smallest absolute Gasteiger partial charge is 0.279 e. The van der Waals surface area contributed by atoms with Crippen LogP contribution in [0.4, 0.5) is 5.69 Å². The molecule has 0 bridgehead atoms. The second kappa shape index (κ2) is 10.3. The van der Waals surface area contributed by atoms with Crippen molar-refractivity contribution < 1.29 is 19.1 Å². The number of aryl methyl sites for hydroxylation is 3. The van der Waals surface area contributed by atoms with E-state index in [2.05, 4.69) is 16.2 Å². The van der Waals surface area contributed by atoms with Crippen molar-refractivity contribution in [1.82, 2.24) is 10.9 Å². The van der Waals surface area contributed by atoms with E-state index in [1.54, 1.807) is 19.1 Å². The first-order chi connectivity index (χ1) is 13.7. The second-order valence-corrected chi connectivity index (χ2v) is 6.98. The van der Waals surface area contributed by atoms with Crippen LogP contribution in [0.25, 0.3) is 0 Å². The van der Waals surface area contributed by atoms with E-state index >= 15 is 0 Å². The minimum atomic E-state index is -0.786. The minimum Gasteiger partial charge on any atom is -0.481 e. The van der Waals surface area contributed by atoms with Gasteiger partial charge in [-0.15, -0.1) is 0 Å². The number of hydrazine groups is 1. The van der Waals surface area contributed by atoms with Gasteiger partial charge in [-0.2, -0.15) is 0 Å². The zero-order valence-corrected chi connectivity index (χ0v) is 17.2. The Hall–Kier alpha value is -3.35. The highest BCUT2D eigenvalue weighted by atomic mass is 16.5. The molecule has 0 aliphatic heterocycles. The lowest BCUT2D eigenvalue weighted by molar-refractivity contribution is -0.133. The third-order valence-corrected chi connectivity index (χ3v) is 4.27. The van der Waals surface area contributed by atoms with Crippen molar-refractivity contribution in [2.75, 3.05) is 5.32 Å². The topological polar surface area (TPSA) is 96.5 Å². The zero-order chi connectivity index (χ0) is 21.4. The molecule has 154 valence electrons. The third-order valence-electron chi connectivity index (χ3n) is 4.27. The van der Waals surface area contributed by atoms with Crippen molar-refractivity contribution in [2.45, 2.75) is 46.6 Å². The number of hydrogen-bond acceptors (Lipinski definition) is 4. The molecule has 0 aliphatic carbocycles. The highest BCUT2D eigenvalue weighted by Gasteiger charge is 2.16. The maximum atomic E-state index is 12.1. The number of nitrogens with one attached hydrogen (secondary N) is 3. The normalized spacial score (nSPS) is 11.3. The molecular weight excluding hydrogens is 370 g/mol. The van der Waals surface area contributed by atoms with Crippen LogP contribution in [0.5, 0.6) is 5.75 Å². The Bertz CT molecular complexity index is 878. The minimum absolute atomic E-state index is 0.00447. The van der Waals surface area contributed by atoms with Crippen molar-refractivity contribution in [2.24, 2.45) is 0 Å². The molecule has 29 heavy (non-hydrogen) atoms. The van der Waals surface area contributed by atoms with Crippen LogP contribution >= 0.6 is 0 Å². The predicted octanol–water partition coefficient (Wildman–Crippen LogP) is 2.95. The Morgan fingerprint density at radius 2 is 1.48 bits per heavy atom. The van der Waals surface area contributed by atoms with Gasteiger partial charge in [-0.25, -0.2) is 0 Å². The number of carbonyl (C=O) groups is 3. The molecule has 0 aliphatic rings. The lowest BCUT2D eigenvalue weighted by Crippen LogP contribution is -2.47. The second-order valence-electron chi connectivity index (χ2n) is 6.98. The molecule has 7 heteroatoms. The molecule has 0 heterocycles. The monoisotopic (exact) mass is 397 g/mol. The SMILES string of the molecule is Cc1ccc(O[C@@H](C)C(=O)NNC(=O)CCC(=O)Nc2cc(C)ccc2C)cc1. The average Bonchev–Trinajstić information content (AvgIpc) is 2.69. The van der Waals surface area contributed by atoms with Gasteiger partial charge in [-0.1, -0.05) is 29.8 Å². The summed E-state index contributed by atoms with van der Waals surface area (Å²) in [6.07, 6.45) is -0.833. The maximum Gasteiger partial charge on any atom is 0.279 e. The molecule has 0 saturated carbocycles. The molecule has 2 rings (SSSR count). The summed E-state index contributed by atoms with van der Waals surface area (Å²) in [4.78, 5) is 36.0. The number of rotatable bonds is 7. The van der Waals surface area contributed by atoms with Gasteiger partial charge >= 0.3 is 0 Å². The molecule has 1 atom stereocenters. The fourth-order valence-electron chi connectivity index (χ4n) is 2.48. The van der Waals surface area contributed by atoms with Crippen LogP contribution < -0.4 is 20.9 Å². The van der Waals surface area contributed by atoms with Gasteiger partial charge in [0.1, 0.15) is 5.75 Å². The van der Waals surface area contributed by atoms with Crippen molar-refractivity contribution >= 4 is 23.4 Å².